The minimum Gasteiger partial charge on any atom is -0.494 e. The Morgan fingerprint density at radius 3 is 2.57 bits per heavy atom. The molecule has 2 nitrogen and oxygen atoms in total. The third-order valence-electron chi connectivity index (χ3n) is 3.15. The molecule has 0 aliphatic carbocycles. The van der Waals surface area contributed by atoms with Crippen molar-refractivity contribution in [1.82, 2.24) is 5.32 Å². The molecule has 2 aromatic carbocycles. The van der Waals surface area contributed by atoms with Gasteiger partial charge in [0.05, 0.1) is 17.7 Å². The van der Waals surface area contributed by atoms with Gasteiger partial charge in [-0.2, -0.15) is 0 Å². The van der Waals surface area contributed by atoms with Gasteiger partial charge in [0.15, 0.2) is 0 Å². The van der Waals surface area contributed by atoms with E-state index >= 15 is 0 Å². The van der Waals surface area contributed by atoms with Crippen LogP contribution in [0.15, 0.2) is 45.3 Å². The Morgan fingerprint density at radius 1 is 1.19 bits per heavy atom. The first kappa shape index (κ1) is 16.8. The lowest BCUT2D eigenvalue weighted by atomic mass is 9.98. The first-order valence-corrected chi connectivity index (χ1v) is 8.57. The van der Waals surface area contributed by atoms with Crippen molar-refractivity contribution in [3.8, 4) is 5.75 Å². The first-order valence-electron chi connectivity index (χ1n) is 6.61. The molecule has 0 aromatic heterocycles. The molecule has 1 N–H and O–H groups in total. The normalized spacial score (nSPS) is 12.2. The molecule has 1 atom stereocenters. The molecule has 0 aliphatic heterocycles. The van der Waals surface area contributed by atoms with Crippen molar-refractivity contribution in [2.45, 2.75) is 13.0 Å². The highest BCUT2D eigenvalue weighted by Gasteiger charge is 2.18. The van der Waals surface area contributed by atoms with E-state index in [1.54, 1.807) is 0 Å². The van der Waals surface area contributed by atoms with Crippen LogP contribution in [0.4, 0.5) is 0 Å². The highest BCUT2D eigenvalue weighted by molar-refractivity contribution is 9.10. The van der Waals surface area contributed by atoms with E-state index in [4.69, 9.17) is 16.3 Å². The predicted octanol–water partition coefficient (Wildman–Crippen LogP) is 5.57. The summed E-state index contributed by atoms with van der Waals surface area (Å²) in [7, 11) is 1.93. The van der Waals surface area contributed by atoms with Gasteiger partial charge in [0.1, 0.15) is 5.75 Å². The van der Waals surface area contributed by atoms with E-state index in [0.29, 0.717) is 11.6 Å². The van der Waals surface area contributed by atoms with Crippen molar-refractivity contribution in [3.05, 3.63) is 61.5 Å². The van der Waals surface area contributed by atoms with Crippen LogP contribution in [0.1, 0.15) is 24.1 Å². The van der Waals surface area contributed by atoms with Gasteiger partial charge in [0.25, 0.3) is 0 Å². The fourth-order valence-corrected chi connectivity index (χ4v) is 3.04. The Kier molecular flexibility index (Phi) is 6.11. The molecule has 0 aliphatic rings. The van der Waals surface area contributed by atoms with Crippen LogP contribution >= 0.6 is 43.5 Å². The Hall–Kier alpha value is -0.550. The Balaban J connectivity index is 2.49. The maximum Gasteiger partial charge on any atom is 0.124 e. The van der Waals surface area contributed by atoms with E-state index in [2.05, 4.69) is 43.2 Å². The molecule has 5 heteroatoms. The minimum absolute atomic E-state index is 0.00894. The SMILES string of the molecule is CCOc1ccc(Br)cc1C(NC)c1ccc(Br)c(Cl)c1. The summed E-state index contributed by atoms with van der Waals surface area (Å²) in [6.45, 7) is 2.61. The Morgan fingerprint density at radius 2 is 1.95 bits per heavy atom. The van der Waals surface area contributed by atoms with Gasteiger partial charge in [-0.05, 0) is 65.8 Å². The number of hydrogen-bond donors (Lipinski definition) is 1. The van der Waals surface area contributed by atoms with Crippen LogP contribution in [-0.4, -0.2) is 13.7 Å². The van der Waals surface area contributed by atoms with Crippen LogP contribution in [0.3, 0.4) is 0 Å². The summed E-state index contributed by atoms with van der Waals surface area (Å²) in [5.41, 5.74) is 2.16. The Bertz CT molecular complexity index is 634. The molecule has 0 amide bonds. The molecular formula is C16H16Br2ClNO. The largest absolute Gasteiger partial charge is 0.494 e. The van der Waals surface area contributed by atoms with Gasteiger partial charge in [-0.3, -0.25) is 0 Å². The maximum absolute atomic E-state index is 6.22. The average Bonchev–Trinajstić information content (AvgIpc) is 2.46. The van der Waals surface area contributed by atoms with Crippen LogP contribution in [0.2, 0.25) is 5.02 Å². The molecule has 1 unspecified atom stereocenters. The highest BCUT2D eigenvalue weighted by Crippen LogP contribution is 2.34. The molecule has 2 rings (SSSR count). The third kappa shape index (κ3) is 4.01. The highest BCUT2D eigenvalue weighted by atomic mass is 79.9. The van der Waals surface area contributed by atoms with E-state index in [0.717, 1.165) is 25.8 Å². The summed E-state index contributed by atoms with van der Waals surface area (Å²) in [4.78, 5) is 0. The standard InChI is InChI=1S/C16H16Br2ClNO/c1-3-21-15-7-5-11(17)9-12(15)16(20-2)10-4-6-13(18)14(19)8-10/h4-9,16,20H,3H2,1-2H3. The quantitative estimate of drug-likeness (QED) is 0.665. The van der Waals surface area contributed by atoms with E-state index in [-0.39, 0.29) is 6.04 Å². The molecule has 21 heavy (non-hydrogen) atoms. The van der Waals surface area contributed by atoms with Crippen molar-refractivity contribution < 1.29 is 4.74 Å². The second-order valence-electron chi connectivity index (χ2n) is 4.51. The number of rotatable bonds is 5. The second-order valence-corrected chi connectivity index (χ2v) is 6.69. The molecule has 2 aromatic rings. The molecule has 0 heterocycles. The van der Waals surface area contributed by atoms with Gasteiger partial charge in [0, 0.05) is 14.5 Å². The zero-order valence-corrected chi connectivity index (χ0v) is 15.7. The average molecular weight is 434 g/mol. The summed E-state index contributed by atoms with van der Waals surface area (Å²) in [5.74, 6) is 0.874. The van der Waals surface area contributed by atoms with Gasteiger partial charge in [-0.15, -0.1) is 0 Å². The van der Waals surface area contributed by atoms with Gasteiger partial charge in [0.2, 0.25) is 0 Å². The third-order valence-corrected chi connectivity index (χ3v) is 4.87. The minimum atomic E-state index is 0.00894. The lowest BCUT2D eigenvalue weighted by molar-refractivity contribution is 0.334. The molecule has 112 valence electrons. The monoisotopic (exact) mass is 431 g/mol. The molecular weight excluding hydrogens is 417 g/mol. The van der Waals surface area contributed by atoms with E-state index in [9.17, 15) is 0 Å². The van der Waals surface area contributed by atoms with Crippen molar-refractivity contribution >= 4 is 43.5 Å². The predicted molar refractivity (Wildman–Crippen MR) is 95.4 cm³/mol. The van der Waals surface area contributed by atoms with Crippen molar-refractivity contribution in [1.29, 1.82) is 0 Å². The lowest BCUT2D eigenvalue weighted by Gasteiger charge is -2.21. The summed E-state index contributed by atoms with van der Waals surface area (Å²) in [6, 6.07) is 12.0. The van der Waals surface area contributed by atoms with E-state index < -0.39 is 0 Å². The topological polar surface area (TPSA) is 21.3 Å². The number of hydrogen-bond acceptors (Lipinski definition) is 2. The number of nitrogens with one attached hydrogen (secondary N) is 1. The fraction of sp³-hybridized carbons (Fsp3) is 0.250. The molecule has 0 bridgehead atoms. The summed E-state index contributed by atoms with van der Waals surface area (Å²) < 4.78 is 7.66. The first-order chi connectivity index (χ1) is 10.1. The van der Waals surface area contributed by atoms with E-state index in [1.165, 1.54) is 0 Å². The number of ether oxygens (including phenoxy) is 1. The van der Waals surface area contributed by atoms with Gasteiger partial charge >= 0.3 is 0 Å². The maximum atomic E-state index is 6.22. The van der Waals surface area contributed by atoms with Gasteiger partial charge in [-0.1, -0.05) is 33.6 Å². The van der Waals surface area contributed by atoms with E-state index in [1.807, 2.05) is 44.3 Å². The molecule has 0 saturated heterocycles. The molecule has 0 saturated carbocycles. The summed E-state index contributed by atoms with van der Waals surface area (Å²) >= 11 is 13.2. The summed E-state index contributed by atoms with van der Waals surface area (Å²) in [6.07, 6.45) is 0. The molecule has 0 spiro atoms. The van der Waals surface area contributed by atoms with Crippen LogP contribution in [0, 0.1) is 0 Å². The van der Waals surface area contributed by atoms with Crippen molar-refractivity contribution in [2.24, 2.45) is 0 Å². The van der Waals surface area contributed by atoms with Gasteiger partial charge < -0.3 is 10.1 Å². The Labute approximate surface area is 147 Å². The zero-order valence-electron chi connectivity index (χ0n) is 11.8. The van der Waals surface area contributed by atoms with Crippen LogP contribution in [0.25, 0.3) is 0 Å². The molecule has 0 radical (unpaired) electrons. The van der Waals surface area contributed by atoms with Crippen LogP contribution in [0.5, 0.6) is 5.75 Å². The van der Waals surface area contributed by atoms with Crippen molar-refractivity contribution in [2.75, 3.05) is 13.7 Å². The van der Waals surface area contributed by atoms with Gasteiger partial charge in [-0.25, -0.2) is 0 Å². The number of halogens is 3. The molecule has 0 fully saturated rings. The second kappa shape index (κ2) is 7.63. The van der Waals surface area contributed by atoms with Crippen molar-refractivity contribution in [3.63, 3.8) is 0 Å². The fourth-order valence-electron chi connectivity index (χ4n) is 2.23. The summed E-state index contributed by atoms with van der Waals surface area (Å²) in [5, 5.41) is 4.03. The zero-order chi connectivity index (χ0) is 15.4. The van der Waals surface area contributed by atoms with Crippen LogP contribution in [-0.2, 0) is 0 Å². The number of benzene rings is 2. The smallest absolute Gasteiger partial charge is 0.124 e. The van der Waals surface area contributed by atoms with Crippen LogP contribution < -0.4 is 10.1 Å². The lowest BCUT2D eigenvalue weighted by Crippen LogP contribution is -2.18.